The number of nitrogens with zero attached hydrogens (tertiary/aromatic N) is 1. The zero-order valence-corrected chi connectivity index (χ0v) is 11.3. The molecule has 0 radical (unpaired) electrons. The molecule has 0 amide bonds. The van der Waals surface area contributed by atoms with Gasteiger partial charge >= 0.3 is 0 Å². The van der Waals surface area contributed by atoms with Crippen LogP contribution in [-0.4, -0.2) is 4.92 Å². The minimum atomic E-state index is -0.383. The van der Waals surface area contributed by atoms with Gasteiger partial charge in [-0.2, -0.15) is 0 Å². The second-order valence-corrected chi connectivity index (χ2v) is 4.64. The minimum Gasteiger partial charge on any atom is -0.381 e. The van der Waals surface area contributed by atoms with Crippen LogP contribution in [0.3, 0.4) is 0 Å². The fraction of sp³-hybridized carbons (Fsp3) is 0.200. The first-order chi connectivity index (χ1) is 9.60. The normalized spacial score (nSPS) is 10.3. The highest BCUT2D eigenvalue weighted by Gasteiger charge is 2.08. The zero-order valence-electron chi connectivity index (χ0n) is 11.3. The fourth-order valence-electron chi connectivity index (χ4n) is 2.10. The Morgan fingerprint density at radius 1 is 1.20 bits per heavy atom. The molecule has 5 nitrogen and oxygen atoms in total. The van der Waals surface area contributed by atoms with Crippen LogP contribution in [0, 0.1) is 17.0 Å². The van der Waals surface area contributed by atoms with E-state index in [1.54, 1.807) is 6.07 Å². The molecule has 0 aliphatic carbocycles. The highest BCUT2D eigenvalue weighted by Crippen LogP contribution is 2.21. The van der Waals surface area contributed by atoms with Crippen molar-refractivity contribution >= 4 is 11.4 Å². The van der Waals surface area contributed by atoms with Gasteiger partial charge in [0.15, 0.2) is 0 Å². The third-order valence-corrected chi connectivity index (χ3v) is 3.09. The number of nitrogens with one attached hydrogen (secondary N) is 1. The summed E-state index contributed by atoms with van der Waals surface area (Å²) in [5, 5.41) is 14.1. The van der Waals surface area contributed by atoms with E-state index in [-0.39, 0.29) is 10.6 Å². The fourth-order valence-corrected chi connectivity index (χ4v) is 2.10. The Balaban J connectivity index is 2.16. The Kier molecular flexibility index (Phi) is 4.32. The topological polar surface area (TPSA) is 81.2 Å². The molecule has 0 saturated heterocycles. The third-order valence-electron chi connectivity index (χ3n) is 3.09. The van der Waals surface area contributed by atoms with Crippen molar-refractivity contribution in [3.63, 3.8) is 0 Å². The van der Waals surface area contributed by atoms with Crippen molar-refractivity contribution in [2.75, 3.05) is 5.32 Å². The van der Waals surface area contributed by atoms with E-state index >= 15 is 0 Å². The summed E-state index contributed by atoms with van der Waals surface area (Å²) in [6.07, 6.45) is 0. The third kappa shape index (κ3) is 3.33. The van der Waals surface area contributed by atoms with Crippen LogP contribution in [0.4, 0.5) is 11.4 Å². The maximum Gasteiger partial charge on any atom is 0.271 e. The Morgan fingerprint density at radius 2 is 1.90 bits per heavy atom. The number of non-ortho nitro benzene ring substituents is 1. The van der Waals surface area contributed by atoms with Gasteiger partial charge in [-0.05, 0) is 29.7 Å². The van der Waals surface area contributed by atoms with Gasteiger partial charge in [-0.3, -0.25) is 10.1 Å². The molecule has 20 heavy (non-hydrogen) atoms. The van der Waals surface area contributed by atoms with E-state index in [4.69, 9.17) is 5.73 Å². The van der Waals surface area contributed by atoms with Crippen molar-refractivity contribution in [1.29, 1.82) is 0 Å². The molecule has 0 spiro atoms. The van der Waals surface area contributed by atoms with Crippen LogP contribution >= 0.6 is 0 Å². The summed E-state index contributed by atoms with van der Waals surface area (Å²) in [6.45, 7) is 2.91. The molecule has 104 valence electrons. The van der Waals surface area contributed by atoms with Gasteiger partial charge in [0.25, 0.3) is 5.69 Å². The molecule has 0 aliphatic heterocycles. The monoisotopic (exact) mass is 271 g/mol. The van der Waals surface area contributed by atoms with Crippen molar-refractivity contribution < 1.29 is 4.92 Å². The molecule has 0 aliphatic rings. The van der Waals surface area contributed by atoms with Crippen LogP contribution in [0.2, 0.25) is 0 Å². The molecule has 0 unspecified atom stereocenters. The second-order valence-electron chi connectivity index (χ2n) is 4.64. The van der Waals surface area contributed by atoms with Gasteiger partial charge in [-0.15, -0.1) is 0 Å². The summed E-state index contributed by atoms with van der Waals surface area (Å²) >= 11 is 0. The van der Waals surface area contributed by atoms with Crippen molar-refractivity contribution in [3.05, 3.63) is 69.3 Å². The summed E-state index contributed by atoms with van der Waals surface area (Å²) in [5.74, 6) is 0. The van der Waals surface area contributed by atoms with Gasteiger partial charge in [0.1, 0.15) is 0 Å². The Labute approximate surface area is 117 Å². The highest BCUT2D eigenvalue weighted by atomic mass is 16.6. The molecule has 2 aromatic rings. The number of nitro benzene ring substituents is 1. The summed E-state index contributed by atoms with van der Waals surface area (Å²) in [5.41, 5.74) is 9.55. The molecule has 0 bridgehead atoms. The predicted molar refractivity (Wildman–Crippen MR) is 79.5 cm³/mol. The maximum atomic E-state index is 10.8. The van der Waals surface area contributed by atoms with Crippen LogP contribution < -0.4 is 11.1 Å². The van der Waals surface area contributed by atoms with E-state index < -0.39 is 0 Å². The van der Waals surface area contributed by atoms with Crippen molar-refractivity contribution in [1.82, 2.24) is 0 Å². The van der Waals surface area contributed by atoms with Gasteiger partial charge in [-0.1, -0.05) is 24.3 Å². The smallest absolute Gasteiger partial charge is 0.271 e. The number of anilines is 1. The lowest BCUT2D eigenvalue weighted by Gasteiger charge is -2.10. The summed E-state index contributed by atoms with van der Waals surface area (Å²) in [7, 11) is 0. The Morgan fingerprint density at radius 3 is 2.55 bits per heavy atom. The molecule has 2 rings (SSSR count). The molecule has 3 N–H and O–H groups in total. The summed E-state index contributed by atoms with van der Waals surface area (Å²) in [6, 6.07) is 12.9. The van der Waals surface area contributed by atoms with E-state index in [9.17, 15) is 10.1 Å². The van der Waals surface area contributed by atoms with Gasteiger partial charge in [0.2, 0.25) is 0 Å². The molecule has 0 saturated carbocycles. The number of benzene rings is 2. The number of hydrogen-bond donors (Lipinski definition) is 2. The molecule has 5 heteroatoms. The van der Waals surface area contributed by atoms with Crippen LogP contribution in [-0.2, 0) is 13.1 Å². The van der Waals surface area contributed by atoms with E-state index in [0.29, 0.717) is 13.1 Å². The second kappa shape index (κ2) is 6.16. The highest BCUT2D eigenvalue weighted by molar-refractivity contribution is 5.54. The molecular formula is C15H17N3O2. The molecule has 0 atom stereocenters. The number of aryl methyl sites for hydroxylation is 1. The average Bonchev–Trinajstić information content (AvgIpc) is 2.44. The van der Waals surface area contributed by atoms with Crippen LogP contribution in [0.25, 0.3) is 0 Å². The van der Waals surface area contributed by atoms with Gasteiger partial charge < -0.3 is 11.1 Å². The molecule has 0 fully saturated rings. The van der Waals surface area contributed by atoms with Crippen LogP contribution in [0.1, 0.15) is 16.7 Å². The van der Waals surface area contributed by atoms with E-state index in [2.05, 4.69) is 5.32 Å². The first-order valence-electron chi connectivity index (χ1n) is 6.37. The number of nitrogens with two attached hydrogens (primary N) is 1. The van der Waals surface area contributed by atoms with Gasteiger partial charge in [0.05, 0.1) is 4.92 Å². The SMILES string of the molecule is Cc1cc(NCc2ccccc2CN)cc([N+](=O)[O-])c1. The molecule has 0 aromatic heterocycles. The largest absolute Gasteiger partial charge is 0.381 e. The first kappa shape index (κ1) is 14.0. The van der Waals surface area contributed by atoms with Crippen molar-refractivity contribution in [3.8, 4) is 0 Å². The standard InChI is InChI=1S/C15H17N3O2/c1-11-6-14(8-15(7-11)18(19)20)17-10-13-5-3-2-4-12(13)9-16/h2-8,17H,9-10,16H2,1H3. The summed E-state index contributed by atoms with van der Waals surface area (Å²) < 4.78 is 0. The maximum absolute atomic E-state index is 10.8. The quantitative estimate of drug-likeness (QED) is 0.647. The van der Waals surface area contributed by atoms with E-state index in [1.165, 1.54) is 6.07 Å². The van der Waals surface area contributed by atoms with Gasteiger partial charge in [0, 0.05) is 30.9 Å². The van der Waals surface area contributed by atoms with E-state index in [1.807, 2.05) is 37.3 Å². The average molecular weight is 271 g/mol. The number of hydrogen-bond acceptors (Lipinski definition) is 4. The lowest BCUT2D eigenvalue weighted by atomic mass is 10.1. The van der Waals surface area contributed by atoms with Crippen LogP contribution in [0.15, 0.2) is 42.5 Å². The van der Waals surface area contributed by atoms with Crippen molar-refractivity contribution in [2.45, 2.75) is 20.0 Å². The molecule has 0 heterocycles. The van der Waals surface area contributed by atoms with Crippen molar-refractivity contribution in [2.24, 2.45) is 5.73 Å². The minimum absolute atomic E-state index is 0.0969. The van der Waals surface area contributed by atoms with E-state index in [0.717, 1.165) is 22.4 Å². The number of rotatable bonds is 5. The summed E-state index contributed by atoms with van der Waals surface area (Å²) in [4.78, 5) is 10.5. The van der Waals surface area contributed by atoms with Gasteiger partial charge in [-0.25, -0.2) is 0 Å². The Bertz CT molecular complexity index is 626. The Hall–Kier alpha value is -2.40. The number of nitro groups is 1. The lowest BCUT2D eigenvalue weighted by molar-refractivity contribution is -0.384. The lowest BCUT2D eigenvalue weighted by Crippen LogP contribution is -2.06. The van der Waals surface area contributed by atoms with Crippen LogP contribution in [0.5, 0.6) is 0 Å². The predicted octanol–water partition coefficient (Wildman–Crippen LogP) is 2.97. The molecule has 2 aromatic carbocycles. The zero-order chi connectivity index (χ0) is 14.5. The molecular weight excluding hydrogens is 254 g/mol. The first-order valence-corrected chi connectivity index (χ1v) is 6.37.